The number of nitrogens with one attached hydrogen (secondary N) is 1. The van der Waals surface area contributed by atoms with Gasteiger partial charge in [-0.1, -0.05) is 38.1 Å². The van der Waals surface area contributed by atoms with Crippen molar-refractivity contribution in [2.75, 3.05) is 35.9 Å². The molecule has 0 spiro atoms. The standard InChI is InChI=1S/C33H41N5O6S2.ClH/c1-21(2)15-27-20-44-30-19-29(31-22(3)7-5-8-23(31)4)34-33(35-30)36-46(42,43)28-10-6-9-24(16-28)32(39)38(27)26-17-25(18-26)37-11-13-45(40,41)14-12-37;/h5-10,16,19,21,25-27H,11-15,17-18,20H2,1-4H3,(H,34,35,36);1H/t25?,26?,27-;/m1./s1. The lowest BCUT2D eigenvalue weighted by Gasteiger charge is -2.50. The Morgan fingerprint density at radius 3 is 2.26 bits per heavy atom. The number of hydrogen-bond acceptors (Lipinski definition) is 9. The van der Waals surface area contributed by atoms with Gasteiger partial charge in [0.1, 0.15) is 6.61 Å². The van der Waals surface area contributed by atoms with Crippen molar-refractivity contribution in [2.45, 2.75) is 70.0 Å². The Kier molecular flexibility index (Phi) is 10.2. The first kappa shape index (κ1) is 35.1. The Morgan fingerprint density at radius 2 is 1.60 bits per heavy atom. The molecule has 254 valence electrons. The molecule has 1 atom stereocenters. The van der Waals surface area contributed by atoms with Crippen molar-refractivity contribution in [1.82, 2.24) is 19.8 Å². The zero-order chi connectivity index (χ0) is 32.8. The molecular formula is C33H42ClN5O6S2. The van der Waals surface area contributed by atoms with Crippen LogP contribution >= 0.6 is 12.4 Å². The fraction of sp³-hybridized carbons (Fsp3) is 0.485. The summed E-state index contributed by atoms with van der Waals surface area (Å²) in [6.45, 7) is 9.29. The summed E-state index contributed by atoms with van der Waals surface area (Å²) in [6.07, 6.45) is 2.06. The van der Waals surface area contributed by atoms with Crippen LogP contribution in [-0.2, 0) is 19.9 Å². The molecule has 2 fully saturated rings. The number of sulfone groups is 1. The van der Waals surface area contributed by atoms with Crippen LogP contribution in [0.2, 0.25) is 0 Å². The lowest BCUT2D eigenvalue weighted by atomic mass is 9.82. The van der Waals surface area contributed by atoms with Crippen molar-refractivity contribution >= 4 is 44.1 Å². The SMILES string of the molecule is Cc1cccc(C)c1-c1cc2nc(n1)NS(=O)(=O)c1cccc(c1)C(=O)N(C1CC(N3CCS(=O)(=O)CC3)C1)[C@H](CC(C)C)CO2.Cl. The minimum Gasteiger partial charge on any atom is -0.475 e. The lowest BCUT2D eigenvalue weighted by molar-refractivity contribution is -0.000936. The minimum atomic E-state index is -4.15. The third-order valence-electron chi connectivity index (χ3n) is 9.23. The average molecular weight is 704 g/mol. The number of sulfonamides is 1. The van der Waals surface area contributed by atoms with Crippen LogP contribution in [-0.4, -0.2) is 91.8 Å². The van der Waals surface area contributed by atoms with Crippen LogP contribution in [0, 0.1) is 19.8 Å². The zero-order valence-electron chi connectivity index (χ0n) is 27.0. The van der Waals surface area contributed by atoms with Gasteiger partial charge in [0.05, 0.1) is 28.1 Å². The summed E-state index contributed by atoms with van der Waals surface area (Å²) < 4.78 is 60.1. The van der Waals surface area contributed by atoms with Crippen LogP contribution in [0.3, 0.4) is 0 Å². The number of amides is 1. The summed E-state index contributed by atoms with van der Waals surface area (Å²) in [7, 11) is -7.15. The monoisotopic (exact) mass is 703 g/mol. The van der Waals surface area contributed by atoms with Gasteiger partial charge in [-0.3, -0.25) is 9.69 Å². The van der Waals surface area contributed by atoms with Crippen LogP contribution in [0.4, 0.5) is 5.95 Å². The summed E-state index contributed by atoms with van der Waals surface area (Å²) in [4.78, 5) is 27.4. The summed E-state index contributed by atoms with van der Waals surface area (Å²) >= 11 is 0. The molecule has 6 rings (SSSR count). The van der Waals surface area contributed by atoms with Gasteiger partial charge in [0.15, 0.2) is 9.84 Å². The molecule has 47 heavy (non-hydrogen) atoms. The lowest BCUT2D eigenvalue weighted by Crippen LogP contribution is -2.61. The van der Waals surface area contributed by atoms with E-state index in [-0.39, 0.29) is 82.8 Å². The second kappa shape index (κ2) is 13.7. The highest BCUT2D eigenvalue weighted by Crippen LogP contribution is 2.36. The van der Waals surface area contributed by atoms with Crippen molar-refractivity contribution in [1.29, 1.82) is 0 Å². The number of carbonyl (C=O) groups excluding carboxylic acids is 1. The highest BCUT2D eigenvalue weighted by Gasteiger charge is 2.43. The van der Waals surface area contributed by atoms with Crippen LogP contribution < -0.4 is 9.46 Å². The van der Waals surface area contributed by atoms with E-state index in [1.807, 2.05) is 36.9 Å². The molecule has 4 bridgehead atoms. The third kappa shape index (κ3) is 7.58. The fourth-order valence-corrected chi connectivity index (χ4v) is 9.03. The summed E-state index contributed by atoms with van der Waals surface area (Å²) in [5.41, 5.74) is 3.62. The minimum absolute atomic E-state index is 0. The topological polar surface area (TPSA) is 139 Å². The van der Waals surface area contributed by atoms with Crippen LogP contribution in [0.15, 0.2) is 53.4 Å². The van der Waals surface area contributed by atoms with E-state index in [9.17, 15) is 21.6 Å². The molecule has 3 heterocycles. The number of hydrogen-bond donors (Lipinski definition) is 1. The van der Waals surface area contributed by atoms with Crippen LogP contribution in [0.5, 0.6) is 5.88 Å². The van der Waals surface area contributed by atoms with Gasteiger partial charge in [-0.25, -0.2) is 26.5 Å². The molecular weight excluding hydrogens is 662 g/mol. The van der Waals surface area contributed by atoms with E-state index in [4.69, 9.17) is 4.74 Å². The van der Waals surface area contributed by atoms with E-state index in [1.165, 1.54) is 12.1 Å². The maximum Gasteiger partial charge on any atom is 0.264 e. The zero-order valence-corrected chi connectivity index (χ0v) is 29.5. The van der Waals surface area contributed by atoms with Crippen molar-refractivity contribution in [3.05, 3.63) is 65.2 Å². The summed E-state index contributed by atoms with van der Waals surface area (Å²) in [5.74, 6) is 0.376. The van der Waals surface area contributed by atoms with Gasteiger partial charge in [0.2, 0.25) is 11.8 Å². The van der Waals surface area contributed by atoms with Gasteiger partial charge in [-0.05, 0) is 68.4 Å². The van der Waals surface area contributed by atoms with Crippen molar-refractivity contribution in [2.24, 2.45) is 5.92 Å². The van der Waals surface area contributed by atoms with E-state index < -0.39 is 19.9 Å². The molecule has 2 aliphatic heterocycles. The fourth-order valence-electron chi connectivity index (χ4n) is 6.81. The van der Waals surface area contributed by atoms with Gasteiger partial charge < -0.3 is 9.64 Å². The molecule has 1 saturated carbocycles. The molecule has 14 heteroatoms. The largest absolute Gasteiger partial charge is 0.475 e. The number of benzene rings is 2. The molecule has 3 aromatic rings. The molecule has 2 aromatic carbocycles. The number of aromatic nitrogens is 2. The van der Waals surface area contributed by atoms with Gasteiger partial charge >= 0.3 is 0 Å². The molecule has 1 amide bonds. The van der Waals surface area contributed by atoms with Crippen molar-refractivity contribution < 1.29 is 26.4 Å². The van der Waals surface area contributed by atoms with E-state index in [1.54, 1.807) is 18.2 Å². The van der Waals surface area contributed by atoms with Crippen molar-refractivity contribution in [3.63, 3.8) is 0 Å². The Balaban J connectivity index is 0.00000433. The smallest absolute Gasteiger partial charge is 0.264 e. The summed E-state index contributed by atoms with van der Waals surface area (Å²) in [5, 5.41) is 0. The number of aryl methyl sites for hydroxylation is 2. The van der Waals surface area contributed by atoms with Crippen molar-refractivity contribution in [3.8, 4) is 17.1 Å². The molecule has 0 radical (unpaired) electrons. The normalized spacial score (nSPS) is 24.0. The Morgan fingerprint density at radius 1 is 0.936 bits per heavy atom. The first-order valence-electron chi connectivity index (χ1n) is 15.8. The van der Waals surface area contributed by atoms with Crippen LogP contribution in [0.1, 0.15) is 54.6 Å². The molecule has 3 aliphatic rings. The van der Waals surface area contributed by atoms with Gasteiger partial charge in [-0.2, -0.15) is 4.98 Å². The van der Waals surface area contributed by atoms with E-state index >= 15 is 0 Å². The quantitative estimate of drug-likeness (QED) is 0.407. The van der Waals surface area contributed by atoms with Gasteiger partial charge in [0, 0.05) is 42.4 Å². The van der Waals surface area contributed by atoms with Gasteiger partial charge in [-0.15, -0.1) is 12.4 Å². The summed E-state index contributed by atoms with van der Waals surface area (Å²) in [6, 6.07) is 13.4. The number of anilines is 1. The molecule has 1 saturated heterocycles. The maximum atomic E-state index is 14.4. The Hall–Kier alpha value is -3.26. The van der Waals surface area contributed by atoms with E-state index in [0.29, 0.717) is 38.0 Å². The number of fused-ring (bicyclic) bond motifs is 4. The molecule has 11 nitrogen and oxygen atoms in total. The number of carbonyl (C=O) groups is 1. The second-order valence-electron chi connectivity index (χ2n) is 13.1. The molecule has 1 aliphatic carbocycles. The van der Waals surface area contributed by atoms with Crippen LogP contribution in [0.25, 0.3) is 11.3 Å². The average Bonchev–Trinajstić information content (AvgIpc) is 2.96. The third-order valence-corrected chi connectivity index (χ3v) is 12.2. The molecule has 0 unspecified atom stereocenters. The van der Waals surface area contributed by atoms with Gasteiger partial charge in [0.25, 0.3) is 15.9 Å². The molecule has 1 N–H and O–H groups in total. The highest BCUT2D eigenvalue weighted by atomic mass is 35.5. The second-order valence-corrected chi connectivity index (χ2v) is 17.1. The number of rotatable bonds is 5. The van der Waals surface area contributed by atoms with E-state index in [0.717, 1.165) is 16.7 Å². The highest BCUT2D eigenvalue weighted by molar-refractivity contribution is 7.92. The maximum absolute atomic E-state index is 14.4. The first-order valence-corrected chi connectivity index (χ1v) is 19.1. The Bertz CT molecular complexity index is 1830. The predicted octanol–water partition coefficient (Wildman–Crippen LogP) is 4.49. The number of nitrogens with zero attached hydrogens (tertiary/aromatic N) is 4. The molecule has 1 aromatic heterocycles. The predicted molar refractivity (Wildman–Crippen MR) is 183 cm³/mol. The Labute approximate surface area is 283 Å². The first-order chi connectivity index (χ1) is 21.8. The number of ether oxygens (including phenoxy) is 1. The number of halogens is 1. The van der Waals surface area contributed by atoms with E-state index in [2.05, 4.69) is 33.4 Å².